The van der Waals surface area contributed by atoms with Gasteiger partial charge in [0.05, 0.1) is 5.02 Å². The standard InChI is InChI=1S/C18H17ClN2OS2/c19-15-13-8-4-5-9-14(13)24-16(15)17(22)21(18-20-10-11-23-18)12-6-2-1-3-7-12/h4-5,8-12H,1-3,6-7H2. The van der Waals surface area contributed by atoms with Crippen LogP contribution in [0, 0.1) is 0 Å². The van der Waals surface area contributed by atoms with E-state index in [1.807, 2.05) is 34.5 Å². The average Bonchev–Trinajstić information content (AvgIpc) is 3.25. The molecule has 24 heavy (non-hydrogen) atoms. The zero-order valence-corrected chi connectivity index (χ0v) is 15.5. The molecule has 1 aliphatic carbocycles. The number of carbonyl (C=O) groups excluding carboxylic acids is 1. The van der Waals surface area contributed by atoms with Crippen LogP contribution in [0.5, 0.6) is 0 Å². The lowest BCUT2D eigenvalue weighted by molar-refractivity contribution is 0.0974. The van der Waals surface area contributed by atoms with Gasteiger partial charge in [0.2, 0.25) is 0 Å². The van der Waals surface area contributed by atoms with Crippen molar-refractivity contribution < 1.29 is 4.79 Å². The van der Waals surface area contributed by atoms with E-state index in [4.69, 9.17) is 11.6 Å². The van der Waals surface area contributed by atoms with E-state index in [0.29, 0.717) is 9.90 Å². The normalized spacial score (nSPS) is 15.7. The summed E-state index contributed by atoms with van der Waals surface area (Å²) < 4.78 is 1.05. The summed E-state index contributed by atoms with van der Waals surface area (Å²) >= 11 is 9.53. The number of benzene rings is 1. The third-order valence-corrected chi connectivity index (χ3v) is 6.95. The van der Waals surface area contributed by atoms with Crippen molar-refractivity contribution in [2.24, 2.45) is 0 Å². The summed E-state index contributed by atoms with van der Waals surface area (Å²) in [5, 5.41) is 4.22. The summed E-state index contributed by atoms with van der Waals surface area (Å²) in [5.74, 6) is -0.0111. The predicted octanol–water partition coefficient (Wildman–Crippen LogP) is 5.99. The van der Waals surface area contributed by atoms with Crippen molar-refractivity contribution in [3.05, 3.63) is 45.7 Å². The van der Waals surface area contributed by atoms with Gasteiger partial charge in [-0.3, -0.25) is 9.69 Å². The number of rotatable bonds is 3. The van der Waals surface area contributed by atoms with Gasteiger partial charge in [0.15, 0.2) is 5.13 Å². The Labute approximate surface area is 153 Å². The molecule has 0 N–H and O–H groups in total. The van der Waals surface area contributed by atoms with Gasteiger partial charge in [0, 0.05) is 27.7 Å². The Balaban J connectivity index is 1.76. The Bertz CT molecular complexity index is 853. The number of anilines is 1. The Morgan fingerprint density at radius 3 is 2.71 bits per heavy atom. The van der Waals surface area contributed by atoms with Gasteiger partial charge in [-0.25, -0.2) is 4.98 Å². The zero-order valence-electron chi connectivity index (χ0n) is 13.1. The van der Waals surface area contributed by atoms with Gasteiger partial charge in [-0.05, 0) is 18.9 Å². The number of aromatic nitrogens is 1. The maximum absolute atomic E-state index is 13.4. The number of hydrogen-bond donors (Lipinski definition) is 0. The van der Waals surface area contributed by atoms with Gasteiger partial charge in [0.25, 0.3) is 5.91 Å². The van der Waals surface area contributed by atoms with E-state index in [0.717, 1.165) is 28.1 Å². The zero-order chi connectivity index (χ0) is 16.5. The van der Waals surface area contributed by atoms with Crippen molar-refractivity contribution in [2.45, 2.75) is 38.1 Å². The predicted molar refractivity (Wildman–Crippen MR) is 103 cm³/mol. The molecule has 1 saturated carbocycles. The summed E-state index contributed by atoms with van der Waals surface area (Å²) in [5.41, 5.74) is 0. The number of amides is 1. The largest absolute Gasteiger partial charge is 0.280 e. The highest BCUT2D eigenvalue weighted by atomic mass is 35.5. The molecule has 0 unspecified atom stereocenters. The Morgan fingerprint density at radius 2 is 2.00 bits per heavy atom. The molecule has 0 aliphatic heterocycles. The molecule has 3 aromatic rings. The number of fused-ring (bicyclic) bond motifs is 1. The summed E-state index contributed by atoms with van der Waals surface area (Å²) in [4.78, 5) is 20.3. The highest BCUT2D eigenvalue weighted by Gasteiger charge is 2.31. The minimum absolute atomic E-state index is 0.0111. The van der Waals surface area contributed by atoms with Crippen LogP contribution < -0.4 is 4.90 Å². The van der Waals surface area contributed by atoms with Crippen LogP contribution >= 0.6 is 34.3 Å². The first kappa shape index (κ1) is 16.1. The minimum atomic E-state index is -0.0111. The Morgan fingerprint density at radius 1 is 1.21 bits per heavy atom. The lowest BCUT2D eigenvalue weighted by Crippen LogP contribution is -2.41. The fraction of sp³-hybridized carbons (Fsp3) is 0.333. The second-order valence-corrected chi connectivity index (χ2v) is 8.33. The SMILES string of the molecule is O=C(c1sc2ccccc2c1Cl)N(c1nccs1)C1CCCCC1. The van der Waals surface area contributed by atoms with Crippen LogP contribution in [-0.2, 0) is 0 Å². The molecule has 6 heteroatoms. The van der Waals surface area contributed by atoms with E-state index < -0.39 is 0 Å². The molecule has 0 atom stereocenters. The number of hydrogen-bond acceptors (Lipinski definition) is 4. The first-order valence-electron chi connectivity index (χ1n) is 8.16. The molecule has 0 bridgehead atoms. The second kappa shape index (κ2) is 6.82. The second-order valence-electron chi connectivity index (χ2n) is 6.02. The summed E-state index contributed by atoms with van der Waals surface area (Å²) in [6.45, 7) is 0. The molecule has 2 aromatic heterocycles. The third-order valence-electron chi connectivity index (χ3n) is 4.51. The van der Waals surface area contributed by atoms with Crippen molar-refractivity contribution in [1.29, 1.82) is 0 Å². The van der Waals surface area contributed by atoms with Crippen molar-refractivity contribution in [1.82, 2.24) is 4.98 Å². The number of thiophene rings is 1. The fourth-order valence-corrected chi connectivity index (χ4v) is 5.50. The van der Waals surface area contributed by atoms with Crippen molar-refractivity contribution >= 4 is 55.4 Å². The Hall–Kier alpha value is -1.43. The number of thiazole rings is 1. The quantitative estimate of drug-likeness (QED) is 0.562. The lowest BCUT2D eigenvalue weighted by Gasteiger charge is -2.32. The number of nitrogens with zero attached hydrogens (tertiary/aromatic N) is 2. The fourth-order valence-electron chi connectivity index (χ4n) is 3.34. The third kappa shape index (κ3) is 2.85. The molecular formula is C18H17ClN2OS2. The summed E-state index contributed by atoms with van der Waals surface area (Å²) in [6, 6.07) is 8.13. The molecule has 4 rings (SSSR count). The highest BCUT2D eigenvalue weighted by Crippen LogP contribution is 2.38. The van der Waals surface area contributed by atoms with Crippen molar-refractivity contribution in [3.63, 3.8) is 0 Å². The first-order valence-corrected chi connectivity index (χ1v) is 10.2. The summed E-state index contributed by atoms with van der Waals surface area (Å²) in [7, 11) is 0. The number of carbonyl (C=O) groups is 1. The van der Waals surface area contributed by atoms with Crippen LogP contribution in [0.25, 0.3) is 10.1 Å². The van der Waals surface area contributed by atoms with Crippen LogP contribution in [0.15, 0.2) is 35.8 Å². The lowest BCUT2D eigenvalue weighted by atomic mass is 9.94. The van der Waals surface area contributed by atoms with Gasteiger partial charge < -0.3 is 0 Å². The van der Waals surface area contributed by atoms with Crippen molar-refractivity contribution in [3.8, 4) is 0 Å². The molecule has 0 spiro atoms. The average molecular weight is 377 g/mol. The maximum Gasteiger partial charge on any atom is 0.271 e. The molecule has 1 fully saturated rings. The van der Waals surface area contributed by atoms with Crippen molar-refractivity contribution in [2.75, 3.05) is 4.90 Å². The first-order chi connectivity index (χ1) is 11.8. The molecule has 1 aromatic carbocycles. The molecule has 124 valence electrons. The van der Waals surface area contributed by atoms with Crippen LogP contribution in [0.3, 0.4) is 0 Å². The monoisotopic (exact) mass is 376 g/mol. The van der Waals surface area contributed by atoms with E-state index in [-0.39, 0.29) is 11.9 Å². The molecule has 0 saturated heterocycles. The van der Waals surface area contributed by atoms with E-state index in [9.17, 15) is 4.79 Å². The Kier molecular flexibility index (Phi) is 4.57. The van der Waals surface area contributed by atoms with Gasteiger partial charge >= 0.3 is 0 Å². The van der Waals surface area contributed by atoms with Crippen LogP contribution in [0.4, 0.5) is 5.13 Å². The van der Waals surface area contributed by atoms with Gasteiger partial charge in [-0.15, -0.1) is 22.7 Å². The van der Waals surface area contributed by atoms with Gasteiger partial charge in [-0.2, -0.15) is 0 Å². The smallest absolute Gasteiger partial charge is 0.271 e. The molecule has 3 nitrogen and oxygen atoms in total. The van der Waals surface area contributed by atoms with E-state index in [1.165, 1.54) is 41.9 Å². The molecule has 0 radical (unpaired) electrons. The van der Waals surface area contributed by atoms with Crippen LogP contribution in [-0.4, -0.2) is 16.9 Å². The molecule has 2 heterocycles. The van der Waals surface area contributed by atoms with Crippen LogP contribution in [0.2, 0.25) is 5.02 Å². The van der Waals surface area contributed by atoms with Gasteiger partial charge in [-0.1, -0.05) is 49.1 Å². The van der Waals surface area contributed by atoms with Gasteiger partial charge in [0.1, 0.15) is 4.88 Å². The van der Waals surface area contributed by atoms with Crippen LogP contribution in [0.1, 0.15) is 41.8 Å². The van der Waals surface area contributed by atoms with E-state index in [1.54, 1.807) is 6.20 Å². The topological polar surface area (TPSA) is 33.2 Å². The van der Waals surface area contributed by atoms with E-state index in [2.05, 4.69) is 4.98 Å². The van der Waals surface area contributed by atoms with E-state index >= 15 is 0 Å². The maximum atomic E-state index is 13.4. The molecule has 1 amide bonds. The number of halogens is 1. The molecular weight excluding hydrogens is 360 g/mol. The minimum Gasteiger partial charge on any atom is -0.280 e. The summed E-state index contributed by atoms with van der Waals surface area (Å²) in [6.07, 6.45) is 7.41. The highest BCUT2D eigenvalue weighted by molar-refractivity contribution is 7.22. The molecule has 1 aliphatic rings.